The van der Waals surface area contributed by atoms with E-state index in [0.29, 0.717) is 18.7 Å². The van der Waals surface area contributed by atoms with E-state index in [1.54, 1.807) is 12.1 Å². The van der Waals surface area contributed by atoms with E-state index in [-0.39, 0.29) is 28.8 Å². The van der Waals surface area contributed by atoms with Crippen molar-refractivity contribution < 1.29 is 13.2 Å². The standard InChI is InChI=1S/C16H25N5O3S.ClH/c1-2-8-19-25(23,24)14-11-12(15(22)20-16(17)18)6-7-13(14)21-9-4-3-5-10-21;/h6-7,11,19H,2-5,8-10H2,1H3,(H4,17,18,20,22);1H. The molecule has 0 aliphatic carbocycles. The summed E-state index contributed by atoms with van der Waals surface area (Å²) >= 11 is 0. The van der Waals surface area contributed by atoms with Crippen LogP contribution in [0.1, 0.15) is 43.0 Å². The highest BCUT2D eigenvalue weighted by molar-refractivity contribution is 7.89. The van der Waals surface area contributed by atoms with Gasteiger partial charge in [0.25, 0.3) is 5.91 Å². The summed E-state index contributed by atoms with van der Waals surface area (Å²) in [4.78, 5) is 17.7. The molecule has 1 amide bonds. The summed E-state index contributed by atoms with van der Waals surface area (Å²) in [5.41, 5.74) is 11.2. The summed E-state index contributed by atoms with van der Waals surface area (Å²) in [6.07, 6.45) is 3.83. The van der Waals surface area contributed by atoms with E-state index < -0.39 is 15.9 Å². The monoisotopic (exact) mass is 403 g/mol. The lowest BCUT2D eigenvalue weighted by atomic mass is 10.1. The number of hydrogen-bond acceptors (Lipinski definition) is 4. The third kappa shape index (κ3) is 5.58. The van der Waals surface area contributed by atoms with Gasteiger partial charge in [-0.1, -0.05) is 6.92 Å². The average Bonchev–Trinajstić information content (AvgIpc) is 2.59. The fourth-order valence-electron chi connectivity index (χ4n) is 2.75. The third-order valence-corrected chi connectivity index (χ3v) is 5.46. The smallest absolute Gasteiger partial charge is 0.280 e. The van der Waals surface area contributed by atoms with Crippen molar-refractivity contribution in [2.45, 2.75) is 37.5 Å². The Morgan fingerprint density at radius 3 is 2.46 bits per heavy atom. The van der Waals surface area contributed by atoms with E-state index in [4.69, 9.17) is 11.5 Å². The van der Waals surface area contributed by atoms with Gasteiger partial charge in [-0.25, -0.2) is 13.1 Å². The minimum atomic E-state index is -3.74. The molecule has 8 nitrogen and oxygen atoms in total. The van der Waals surface area contributed by atoms with E-state index in [1.807, 2.05) is 11.8 Å². The molecule has 5 N–H and O–H groups in total. The lowest BCUT2D eigenvalue weighted by molar-refractivity contribution is 0.100. The Morgan fingerprint density at radius 2 is 1.88 bits per heavy atom. The Kier molecular flexibility index (Phi) is 8.32. The molecule has 1 aromatic rings. The summed E-state index contributed by atoms with van der Waals surface area (Å²) in [5, 5.41) is 0. The Labute approximate surface area is 160 Å². The van der Waals surface area contributed by atoms with Crippen molar-refractivity contribution in [3.63, 3.8) is 0 Å². The molecule has 1 saturated heterocycles. The van der Waals surface area contributed by atoms with Crippen LogP contribution in [-0.4, -0.2) is 39.9 Å². The van der Waals surface area contributed by atoms with Crippen molar-refractivity contribution in [1.82, 2.24) is 4.72 Å². The molecule has 0 saturated carbocycles. The molecule has 146 valence electrons. The van der Waals surface area contributed by atoms with Crippen LogP contribution >= 0.6 is 12.4 Å². The fourth-order valence-corrected chi connectivity index (χ4v) is 4.14. The number of carbonyl (C=O) groups is 1. The first-order chi connectivity index (χ1) is 11.8. The Balaban J connectivity index is 0.00000338. The second-order valence-electron chi connectivity index (χ2n) is 5.97. The second kappa shape index (κ2) is 9.75. The van der Waals surface area contributed by atoms with Crippen LogP contribution in [-0.2, 0) is 10.0 Å². The summed E-state index contributed by atoms with van der Waals surface area (Å²) in [7, 11) is -3.74. The van der Waals surface area contributed by atoms with Gasteiger partial charge in [-0.3, -0.25) is 4.79 Å². The number of aliphatic imine (C=N–C) groups is 1. The van der Waals surface area contributed by atoms with Crippen LogP contribution in [0.25, 0.3) is 0 Å². The first-order valence-electron chi connectivity index (χ1n) is 8.38. The maximum Gasteiger partial charge on any atom is 0.280 e. The normalized spacial score (nSPS) is 14.4. The van der Waals surface area contributed by atoms with Gasteiger partial charge in [0, 0.05) is 25.2 Å². The number of nitrogens with one attached hydrogen (secondary N) is 1. The summed E-state index contributed by atoms with van der Waals surface area (Å²) < 4.78 is 28.0. The molecule has 0 aromatic heterocycles. The van der Waals surface area contributed by atoms with Gasteiger partial charge in [-0.05, 0) is 43.9 Å². The Bertz CT molecular complexity index is 757. The number of anilines is 1. The van der Waals surface area contributed by atoms with Crippen molar-refractivity contribution in [3.05, 3.63) is 23.8 Å². The molecule has 0 atom stereocenters. The van der Waals surface area contributed by atoms with Gasteiger partial charge in [0.05, 0.1) is 5.69 Å². The van der Waals surface area contributed by atoms with Crippen molar-refractivity contribution in [3.8, 4) is 0 Å². The zero-order valence-electron chi connectivity index (χ0n) is 14.8. The number of nitrogens with zero attached hydrogens (tertiary/aromatic N) is 2. The molecule has 1 aromatic carbocycles. The average molecular weight is 404 g/mol. The van der Waals surface area contributed by atoms with Crippen LogP contribution in [0.3, 0.4) is 0 Å². The van der Waals surface area contributed by atoms with Crippen LogP contribution in [0.15, 0.2) is 28.1 Å². The first-order valence-corrected chi connectivity index (χ1v) is 9.86. The van der Waals surface area contributed by atoms with Crippen LogP contribution in [0.2, 0.25) is 0 Å². The molecule has 1 heterocycles. The van der Waals surface area contributed by atoms with Crippen molar-refractivity contribution in [1.29, 1.82) is 0 Å². The molecule has 1 aliphatic heterocycles. The quantitative estimate of drug-likeness (QED) is 0.483. The Morgan fingerprint density at radius 1 is 1.23 bits per heavy atom. The largest absolute Gasteiger partial charge is 0.370 e. The van der Waals surface area contributed by atoms with Crippen LogP contribution in [0.5, 0.6) is 0 Å². The van der Waals surface area contributed by atoms with Crippen LogP contribution in [0, 0.1) is 0 Å². The molecular formula is C16H26ClN5O3S. The minimum absolute atomic E-state index is 0. The van der Waals surface area contributed by atoms with E-state index >= 15 is 0 Å². The Hall–Kier alpha value is -1.84. The van der Waals surface area contributed by atoms with Crippen LogP contribution in [0.4, 0.5) is 5.69 Å². The fraction of sp³-hybridized carbons (Fsp3) is 0.500. The highest BCUT2D eigenvalue weighted by atomic mass is 35.5. The number of carbonyl (C=O) groups excluding carboxylic acids is 1. The number of sulfonamides is 1. The van der Waals surface area contributed by atoms with Gasteiger partial charge < -0.3 is 16.4 Å². The van der Waals surface area contributed by atoms with Crippen molar-refractivity contribution in [2.75, 3.05) is 24.5 Å². The topological polar surface area (TPSA) is 131 Å². The molecule has 26 heavy (non-hydrogen) atoms. The number of halogens is 1. The lowest BCUT2D eigenvalue weighted by Crippen LogP contribution is -2.33. The summed E-state index contributed by atoms with van der Waals surface area (Å²) in [6.45, 7) is 3.79. The number of amides is 1. The summed E-state index contributed by atoms with van der Waals surface area (Å²) in [6, 6.07) is 4.55. The number of piperidine rings is 1. The number of nitrogens with two attached hydrogens (primary N) is 2. The molecular weight excluding hydrogens is 378 g/mol. The lowest BCUT2D eigenvalue weighted by Gasteiger charge is -2.30. The highest BCUT2D eigenvalue weighted by Gasteiger charge is 2.24. The second-order valence-corrected chi connectivity index (χ2v) is 7.71. The third-order valence-electron chi connectivity index (χ3n) is 3.97. The van der Waals surface area contributed by atoms with E-state index in [2.05, 4.69) is 9.71 Å². The molecule has 1 aliphatic rings. The van der Waals surface area contributed by atoms with Gasteiger partial charge >= 0.3 is 0 Å². The van der Waals surface area contributed by atoms with Crippen molar-refractivity contribution >= 4 is 40.0 Å². The van der Waals surface area contributed by atoms with Gasteiger partial charge in [0.1, 0.15) is 4.90 Å². The highest BCUT2D eigenvalue weighted by Crippen LogP contribution is 2.29. The number of hydrogen-bond donors (Lipinski definition) is 3. The van der Waals surface area contributed by atoms with E-state index in [9.17, 15) is 13.2 Å². The summed E-state index contributed by atoms with van der Waals surface area (Å²) in [5.74, 6) is -1.03. The number of benzene rings is 1. The zero-order valence-corrected chi connectivity index (χ0v) is 16.4. The predicted molar refractivity (Wildman–Crippen MR) is 105 cm³/mol. The van der Waals surface area contributed by atoms with Gasteiger partial charge in [0.2, 0.25) is 10.0 Å². The van der Waals surface area contributed by atoms with Gasteiger partial charge in [0.15, 0.2) is 5.96 Å². The molecule has 2 rings (SSSR count). The van der Waals surface area contributed by atoms with E-state index in [0.717, 1.165) is 32.4 Å². The molecule has 10 heteroatoms. The van der Waals surface area contributed by atoms with Crippen molar-refractivity contribution in [2.24, 2.45) is 16.5 Å². The van der Waals surface area contributed by atoms with Gasteiger partial charge in [-0.2, -0.15) is 4.99 Å². The van der Waals surface area contributed by atoms with E-state index in [1.165, 1.54) is 6.07 Å². The predicted octanol–water partition coefficient (Wildman–Crippen LogP) is 1.20. The van der Waals surface area contributed by atoms with Crippen LogP contribution < -0.4 is 21.1 Å². The number of rotatable bonds is 6. The van der Waals surface area contributed by atoms with Gasteiger partial charge in [-0.15, -0.1) is 12.4 Å². The molecule has 0 spiro atoms. The molecule has 0 radical (unpaired) electrons. The maximum absolute atomic E-state index is 12.7. The molecule has 1 fully saturated rings. The number of guanidine groups is 1. The maximum atomic E-state index is 12.7. The zero-order chi connectivity index (χ0) is 18.4. The first kappa shape index (κ1) is 22.2. The SMILES string of the molecule is CCCNS(=O)(=O)c1cc(C(=O)N=C(N)N)ccc1N1CCCCC1.Cl. The molecule has 0 unspecified atom stereocenters. The molecule has 0 bridgehead atoms. The minimum Gasteiger partial charge on any atom is -0.370 e.